The smallest absolute Gasteiger partial charge is 0.293 e. The Kier molecular flexibility index (Phi) is 5.60. The van der Waals surface area contributed by atoms with E-state index in [0.29, 0.717) is 16.5 Å². The second kappa shape index (κ2) is 8.01. The lowest BCUT2D eigenvalue weighted by atomic mass is 10.1. The van der Waals surface area contributed by atoms with Crippen molar-refractivity contribution in [3.05, 3.63) is 74.2 Å². The summed E-state index contributed by atoms with van der Waals surface area (Å²) >= 11 is 10.9. The van der Waals surface area contributed by atoms with E-state index in [2.05, 4.69) is 20.5 Å². The maximum atomic E-state index is 12.7. The van der Waals surface area contributed by atoms with Gasteiger partial charge in [-0.3, -0.25) is 14.5 Å². The Hall–Kier alpha value is -2.02. The summed E-state index contributed by atoms with van der Waals surface area (Å²) in [4.78, 5) is 26.7. The molecule has 4 nitrogen and oxygen atoms in total. The van der Waals surface area contributed by atoms with Gasteiger partial charge in [0.15, 0.2) is 0 Å². The number of benzene rings is 2. The molecule has 0 aliphatic carbocycles. The van der Waals surface area contributed by atoms with Gasteiger partial charge in [-0.15, -0.1) is 0 Å². The Morgan fingerprint density at radius 1 is 1.17 bits per heavy atom. The lowest BCUT2D eigenvalue weighted by Gasteiger charge is -2.16. The second-order valence-electron chi connectivity index (χ2n) is 7.11. The van der Waals surface area contributed by atoms with E-state index in [1.165, 1.54) is 4.90 Å². The van der Waals surface area contributed by atoms with Gasteiger partial charge in [-0.1, -0.05) is 45.7 Å². The number of carbonyl (C=O) groups excluding carboxylic acids is 2. The number of aromatic nitrogens is 1. The van der Waals surface area contributed by atoms with E-state index >= 15 is 0 Å². The summed E-state index contributed by atoms with van der Waals surface area (Å²) in [6, 6.07) is 13.6. The van der Waals surface area contributed by atoms with Crippen LogP contribution in [-0.2, 0) is 11.3 Å². The highest BCUT2D eigenvalue weighted by Crippen LogP contribution is 2.36. The molecule has 4 rings (SSSR count). The molecule has 1 aliphatic rings. The van der Waals surface area contributed by atoms with Gasteiger partial charge >= 0.3 is 0 Å². The van der Waals surface area contributed by atoms with Gasteiger partial charge in [-0.2, -0.15) is 0 Å². The van der Waals surface area contributed by atoms with Crippen LogP contribution in [0, 0.1) is 0 Å². The maximum Gasteiger partial charge on any atom is 0.293 e. The van der Waals surface area contributed by atoms with Gasteiger partial charge in [0, 0.05) is 44.7 Å². The van der Waals surface area contributed by atoms with Crippen molar-refractivity contribution >= 4 is 67.4 Å². The van der Waals surface area contributed by atoms with Crippen LogP contribution >= 0.6 is 39.3 Å². The van der Waals surface area contributed by atoms with Crippen LogP contribution < -0.4 is 0 Å². The number of hydrogen-bond acceptors (Lipinski definition) is 3. The van der Waals surface area contributed by atoms with Crippen LogP contribution in [0.1, 0.15) is 25.0 Å². The molecule has 1 aromatic heterocycles. The number of rotatable bonds is 4. The van der Waals surface area contributed by atoms with Crippen LogP contribution in [0.25, 0.3) is 17.0 Å². The molecule has 148 valence electrons. The highest BCUT2D eigenvalue weighted by molar-refractivity contribution is 9.10. The largest absolute Gasteiger partial charge is 0.342 e. The number of hydrogen-bond donors (Lipinski definition) is 0. The number of carbonyl (C=O) groups is 2. The Labute approximate surface area is 186 Å². The second-order valence-corrected chi connectivity index (χ2v) is 9.43. The van der Waals surface area contributed by atoms with E-state index in [9.17, 15) is 9.59 Å². The number of amides is 2. The molecule has 0 N–H and O–H groups in total. The third-order valence-electron chi connectivity index (χ3n) is 4.80. The van der Waals surface area contributed by atoms with Crippen molar-refractivity contribution < 1.29 is 9.59 Å². The van der Waals surface area contributed by atoms with E-state index < -0.39 is 0 Å². The Morgan fingerprint density at radius 3 is 2.62 bits per heavy atom. The van der Waals surface area contributed by atoms with Crippen LogP contribution in [-0.4, -0.2) is 26.7 Å². The van der Waals surface area contributed by atoms with Crippen LogP contribution in [0.4, 0.5) is 4.79 Å². The molecule has 1 fully saturated rings. The molecule has 0 saturated carbocycles. The monoisotopic (exact) mass is 488 g/mol. The fraction of sp³-hybridized carbons (Fsp3) is 0.182. The molecule has 2 heterocycles. The first kappa shape index (κ1) is 20.3. The van der Waals surface area contributed by atoms with E-state index in [1.807, 2.05) is 68.6 Å². The summed E-state index contributed by atoms with van der Waals surface area (Å²) in [5.74, 6) is -0.239. The number of fused-ring (bicyclic) bond motifs is 1. The number of halogens is 2. The Morgan fingerprint density at radius 2 is 1.93 bits per heavy atom. The summed E-state index contributed by atoms with van der Waals surface area (Å²) in [6.07, 6.45) is 3.81. The van der Waals surface area contributed by atoms with Crippen LogP contribution in [0.5, 0.6) is 0 Å². The predicted octanol–water partition coefficient (Wildman–Crippen LogP) is 6.55. The molecule has 0 bridgehead atoms. The first-order valence-electron chi connectivity index (χ1n) is 9.14. The van der Waals surface area contributed by atoms with Crippen molar-refractivity contribution in [2.75, 3.05) is 0 Å². The fourth-order valence-electron chi connectivity index (χ4n) is 3.42. The average molecular weight is 490 g/mol. The summed E-state index contributed by atoms with van der Waals surface area (Å²) < 4.78 is 3.06. The average Bonchev–Trinajstić information content (AvgIpc) is 3.14. The molecule has 2 aromatic carbocycles. The molecule has 0 spiro atoms. The zero-order chi connectivity index (χ0) is 20.7. The summed E-state index contributed by atoms with van der Waals surface area (Å²) in [5, 5.41) is 1.49. The zero-order valence-electron chi connectivity index (χ0n) is 15.9. The quantitative estimate of drug-likeness (QED) is 0.390. The molecule has 0 unspecified atom stereocenters. The van der Waals surface area contributed by atoms with Crippen molar-refractivity contribution in [2.45, 2.75) is 26.4 Å². The Balaban J connectivity index is 1.79. The first-order valence-corrected chi connectivity index (χ1v) is 11.1. The van der Waals surface area contributed by atoms with E-state index in [0.717, 1.165) is 38.3 Å². The van der Waals surface area contributed by atoms with E-state index in [4.69, 9.17) is 11.6 Å². The topological polar surface area (TPSA) is 42.3 Å². The summed E-state index contributed by atoms with van der Waals surface area (Å²) in [6.45, 7) is 4.29. The summed E-state index contributed by atoms with van der Waals surface area (Å²) in [5.41, 5.74) is 2.94. The van der Waals surface area contributed by atoms with Crippen molar-refractivity contribution in [3.8, 4) is 0 Å². The number of nitrogens with zero attached hydrogens (tertiary/aromatic N) is 2. The van der Waals surface area contributed by atoms with Crippen molar-refractivity contribution in [1.29, 1.82) is 0 Å². The third-order valence-corrected chi connectivity index (χ3v) is 6.54. The third kappa shape index (κ3) is 3.89. The van der Waals surface area contributed by atoms with Gasteiger partial charge in [0.25, 0.3) is 11.1 Å². The SMILES string of the molecule is CC(C)N1C(=O)S/C(=C\c2cn(Cc3ccccc3Cl)c3ccc(Br)cc23)C1=O. The normalized spacial score (nSPS) is 16.0. The molecule has 0 atom stereocenters. The molecule has 0 radical (unpaired) electrons. The van der Waals surface area contributed by atoms with Gasteiger partial charge in [-0.25, -0.2) is 0 Å². The van der Waals surface area contributed by atoms with Crippen LogP contribution in [0.2, 0.25) is 5.02 Å². The minimum absolute atomic E-state index is 0.163. The molecule has 1 aliphatic heterocycles. The van der Waals surface area contributed by atoms with Gasteiger partial charge in [0.05, 0.1) is 4.91 Å². The standard InChI is InChI=1S/C22H18BrClN2O2S/c1-13(2)26-21(27)20(29-22(26)28)9-15-12-25(11-14-5-3-4-6-18(14)24)19-8-7-16(23)10-17(15)19/h3-10,12-13H,11H2,1-2H3/b20-9-. The highest BCUT2D eigenvalue weighted by Gasteiger charge is 2.36. The molecular weight excluding hydrogens is 472 g/mol. The molecule has 7 heteroatoms. The molecule has 1 saturated heterocycles. The van der Waals surface area contributed by atoms with Gasteiger partial charge in [-0.05, 0) is 61.5 Å². The fourth-order valence-corrected chi connectivity index (χ4v) is 4.93. The summed E-state index contributed by atoms with van der Waals surface area (Å²) in [7, 11) is 0. The minimum atomic E-state index is -0.239. The van der Waals surface area contributed by atoms with E-state index in [-0.39, 0.29) is 17.2 Å². The number of thioether (sulfide) groups is 1. The first-order chi connectivity index (χ1) is 13.8. The van der Waals surface area contributed by atoms with Crippen LogP contribution in [0.15, 0.2) is 58.0 Å². The minimum Gasteiger partial charge on any atom is -0.342 e. The van der Waals surface area contributed by atoms with Crippen LogP contribution in [0.3, 0.4) is 0 Å². The lowest BCUT2D eigenvalue weighted by Crippen LogP contribution is -2.34. The highest BCUT2D eigenvalue weighted by atomic mass is 79.9. The molecule has 2 amide bonds. The molecular formula is C22H18BrClN2O2S. The zero-order valence-corrected chi connectivity index (χ0v) is 19.0. The van der Waals surface area contributed by atoms with Gasteiger partial charge in [0.2, 0.25) is 0 Å². The Bertz CT molecular complexity index is 1170. The van der Waals surface area contributed by atoms with Crippen molar-refractivity contribution in [2.24, 2.45) is 0 Å². The molecule has 29 heavy (non-hydrogen) atoms. The van der Waals surface area contributed by atoms with Crippen molar-refractivity contribution in [1.82, 2.24) is 9.47 Å². The number of imide groups is 1. The van der Waals surface area contributed by atoms with E-state index in [1.54, 1.807) is 0 Å². The maximum absolute atomic E-state index is 12.7. The lowest BCUT2D eigenvalue weighted by molar-refractivity contribution is -0.123. The van der Waals surface area contributed by atoms with Gasteiger partial charge < -0.3 is 4.57 Å². The van der Waals surface area contributed by atoms with Crippen molar-refractivity contribution in [3.63, 3.8) is 0 Å². The predicted molar refractivity (Wildman–Crippen MR) is 123 cm³/mol. The molecule has 3 aromatic rings. The van der Waals surface area contributed by atoms with Gasteiger partial charge in [0.1, 0.15) is 0 Å².